The summed E-state index contributed by atoms with van der Waals surface area (Å²) in [5.74, 6) is -0.824. The average molecular weight is 329 g/mol. The Labute approximate surface area is 132 Å². The van der Waals surface area contributed by atoms with Crippen molar-refractivity contribution >= 4 is 15.7 Å². The summed E-state index contributed by atoms with van der Waals surface area (Å²) in [6, 6.07) is 5.72. The highest BCUT2D eigenvalue weighted by Gasteiger charge is 2.22. The SMILES string of the molecule is CC(C)(C)CC(NC(=O)CCS(C)(=O)=O)c1ccc(F)cc1. The molecule has 1 aromatic rings. The lowest BCUT2D eigenvalue weighted by Crippen LogP contribution is -2.32. The summed E-state index contributed by atoms with van der Waals surface area (Å²) in [5.41, 5.74) is 0.771. The summed E-state index contributed by atoms with van der Waals surface area (Å²) < 4.78 is 35.3. The van der Waals surface area contributed by atoms with Crippen LogP contribution in [0.4, 0.5) is 4.39 Å². The molecule has 0 fully saturated rings. The fraction of sp³-hybridized carbons (Fsp3) is 0.562. The molecular weight excluding hydrogens is 305 g/mol. The molecule has 0 saturated carbocycles. The standard InChI is InChI=1S/C16H24FNO3S/c1-16(2,3)11-14(12-5-7-13(17)8-6-12)18-15(19)9-10-22(4,20)21/h5-8,14H,9-11H2,1-4H3,(H,18,19). The van der Waals surface area contributed by atoms with Crippen molar-refractivity contribution in [2.24, 2.45) is 5.41 Å². The summed E-state index contributed by atoms with van der Waals surface area (Å²) in [5, 5.41) is 2.86. The lowest BCUT2D eigenvalue weighted by Gasteiger charge is -2.27. The largest absolute Gasteiger partial charge is 0.349 e. The second-order valence-electron chi connectivity index (χ2n) is 6.82. The predicted molar refractivity (Wildman–Crippen MR) is 85.7 cm³/mol. The predicted octanol–water partition coefficient (Wildman–Crippen LogP) is 2.85. The number of sulfone groups is 1. The fourth-order valence-electron chi connectivity index (χ4n) is 2.10. The summed E-state index contributed by atoms with van der Waals surface area (Å²) >= 11 is 0. The number of benzene rings is 1. The van der Waals surface area contributed by atoms with E-state index in [2.05, 4.69) is 5.32 Å². The van der Waals surface area contributed by atoms with Crippen molar-refractivity contribution in [3.63, 3.8) is 0 Å². The number of carbonyl (C=O) groups is 1. The molecule has 0 aromatic heterocycles. The van der Waals surface area contributed by atoms with Crippen LogP contribution >= 0.6 is 0 Å². The van der Waals surface area contributed by atoms with E-state index in [9.17, 15) is 17.6 Å². The van der Waals surface area contributed by atoms with Gasteiger partial charge in [-0.2, -0.15) is 0 Å². The first kappa shape index (κ1) is 18.6. The van der Waals surface area contributed by atoms with E-state index >= 15 is 0 Å². The molecule has 1 unspecified atom stereocenters. The minimum Gasteiger partial charge on any atom is -0.349 e. The zero-order valence-corrected chi connectivity index (χ0v) is 14.3. The highest BCUT2D eigenvalue weighted by molar-refractivity contribution is 7.90. The van der Waals surface area contributed by atoms with E-state index in [1.165, 1.54) is 12.1 Å². The van der Waals surface area contributed by atoms with Gasteiger partial charge in [0.15, 0.2) is 0 Å². The normalized spacial score (nSPS) is 13.7. The Bertz CT molecular complexity index is 603. The molecule has 1 N–H and O–H groups in total. The zero-order valence-electron chi connectivity index (χ0n) is 13.5. The van der Waals surface area contributed by atoms with Crippen molar-refractivity contribution in [2.75, 3.05) is 12.0 Å². The molecular formula is C16H24FNO3S. The van der Waals surface area contributed by atoms with Gasteiger partial charge in [-0.05, 0) is 29.5 Å². The molecule has 0 saturated heterocycles. The Hall–Kier alpha value is -1.43. The highest BCUT2D eigenvalue weighted by Crippen LogP contribution is 2.29. The van der Waals surface area contributed by atoms with E-state index in [1.807, 2.05) is 20.8 Å². The molecule has 0 aliphatic rings. The minimum absolute atomic E-state index is 0.0385. The van der Waals surface area contributed by atoms with E-state index in [0.29, 0.717) is 6.42 Å². The first-order chi connectivity index (χ1) is 9.96. The van der Waals surface area contributed by atoms with Gasteiger partial charge in [0, 0.05) is 12.7 Å². The minimum atomic E-state index is -3.17. The molecule has 1 atom stereocenters. The molecule has 0 aliphatic heterocycles. The first-order valence-corrected chi connectivity index (χ1v) is 9.25. The highest BCUT2D eigenvalue weighted by atomic mass is 32.2. The number of nitrogens with one attached hydrogen (secondary N) is 1. The third kappa shape index (κ3) is 7.54. The molecule has 0 heterocycles. The van der Waals surface area contributed by atoms with Crippen molar-refractivity contribution in [2.45, 2.75) is 39.7 Å². The number of carbonyl (C=O) groups excluding carboxylic acids is 1. The number of hydrogen-bond acceptors (Lipinski definition) is 3. The molecule has 1 rings (SSSR count). The number of halogens is 1. The summed E-state index contributed by atoms with van der Waals surface area (Å²) in [7, 11) is -3.17. The molecule has 6 heteroatoms. The maximum atomic E-state index is 13.0. The van der Waals surface area contributed by atoms with Crippen LogP contribution in [0.1, 0.15) is 45.2 Å². The Kier molecular flexibility index (Phi) is 6.11. The maximum Gasteiger partial charge on any atom is 0.221 e. The lowest BCUT2D eigenvalue weighted by molar-refractivity contribution is -0.121. The van der Waals surface area contributed by atoms with Crippen molar-refractivity contribution in [1.29, 1.82) is 0 Å². The van der Waals surface area contributed by atoms with E-state index in [4.69, 9.17) is 0 Å². The monoisotopic (exact) mass is 329 g/mol. The van der Waals surface area contributed by atoms with Crippen molar-refractivity contribution in [3.05, 3.63) is 35.6 Å². The Morgan fingerprint density at radius 1 is 1.23 bits per heavy atom. The van der Waals surface area contributed by atoms with Crippen LogP contribution in [-0.2, 0) is 14.6 Å². The summed E-state index contributed by atoms with van der Waals surface area (Å²) in [6.45, 7) is 6.14. The molecule has 0 bridgehead atoms. The molecule has 4 nitrogen and oxygen atoms in total. The average Bonchev–Trinajstić information content (AvgIpc) is 2.34. The van der Waals surface area contributed by atoms with Crippen molar-refractivity contribution in [3.8, 4) is 0 Å². The smallest absolute Gasteiger partial charge is 0.221 e. The van der Waals surface area contributed by atoms with Crippen LogP contribution < -0.4 is 5.32 Å². The van der Waals surface area contributed by atoms with E-state index in [1.54, 1.807) is 12.1 Å². The third-order valence-electron chi connectivity index (χ3n) is 3.12. The molecule has 124 valence electrons. The Morgan fingerprint density at radius 2 is 1.77 bits per heavy atom. The fourth-order valence-corrected chi connectivity index (χ4v) is 2.66. The molecule has 22 heavy (non-hydrogen) atoms. The zero-order chi connectivity index (χ0) is 17.0. The topological polar surface area (TPSA) is 63.2 Å². The number of rotatable bonds is 6. The summed E-state index contributed by atoms with van der Waals surface area (Å²) in [4.78, 5) is 12.0. The van der Waals surface area contributed by atoms with Crippen LogP contribution in [-0.4, -0.2) is 26.3 Å². The van der Waals surface area contributed by atoms with Crippen LogP contribution in [0, 0.1) is 11.2 Å². The summed E-state index contributed by atoms with van der Waals surface area (Å²) in [6.07, 6.45) is 1.71. The first-order valence-electron chi connectivity index (χ1n) is 7.19. The van der Waals surface area contributed by atoms with E-state index < -0.39 is 9.84 Å². The molecule has 0 aliphatic carbocycles. The van der Waals surface area contributed by atoms with Gasteiger partial charge in [-0.1, -0.05) is 32.9 Å². The Morgan fingerprint density at radius 3 is 2.23 bits per heavy atom. The van der Waals surface area contributed by atoms with E-state index in [-0.39, 0.29) is 35.4 Å². The van der Waals surface area contributed by atoms with E-state index in [0.717, 1.165) is 11.8 Å². The lowest BCUT2D eigenvalue weighted by atomic mass is 9.85. The molecule has 0 radical (unpaired) electrons. The van der Waals surface area contributed by atoms with Gasteiger partial charge in [-0.25, -0.2) is 12.8 Å². The third-order valence-corrected chi connectivity index (χ3v) is 4.07. The quantitative estimate of drug-likeness (QED) is 0.873. The molecule has 1 aromatic carbocycles. The Balaban J connectivity index is 2.82. The van der Waals surface area contributed by atoms with Gasteiger partial charge < -0.3 is 5.32 Å². The van der Waals surface area contributed by atoms with Gasteiger partial charge in [0.25, 0.3) is 0 Å². The van der Waals surface area contributed by atoms with Crippen molar-refractivity contribution < 1.29 is 17.6 Å². The second-order valence-corrected chi connectivity index (χ2v) is 9.08. The van der Waals surface area contributed by atoms with Gasteiger partial charge >= 0.3 is 0 Å². The maximum absolute atomic E-state index is 13.0. The molecule has 1 amide bonds. The van der Waals surface area contributed by atoms with Gasteiger partial charge in [-0.15, -0.1) is 0 Å². The number of amides is 1. The van der Waals surface area contributed by atoms with Crippen LogP contribution in [0.2, 0.25) is 0 Å². The van der Waals surface area contributed by atoms with Crippen LogP contribution in [0.3, 0.4) is 0 Å². The van der Waals surface area contributed by atoms with Crippen LogP contribution in [0.5, 0.6) is 0 Å². The van der Waals surface area contributed by atoms with Gasteiger partial charge in [0.2, 0.25) is 5.91 Å². The second kappa shape index (κ2) is 7.22. The van der Waals surface area contributed by atoms with Crippen LogP contribution in [0.15, 0.2) is 24.3 Å². The van der Waals surface area contributed by atoms with Gasteiger partial charge in [0.1, 0.15) is 15.7 Å². The number of hydrogen-bond donors (Lipinski definition) is 1. The van der Waals surface area contributed by atoms with Gasteiger partial charge in [0.05, 0.1) is 11.8 Å². The van der Waals surface area contributed by atoms with Crippen LogP contribution in [0.25, 0.3) is 0 Å². The van der Waals surface area contributed by atoms with Crippen molar-refractivity contribution in [1.82, 2.24) is 5.32 Å². The van der Waals surface area contributed by atoms with Gasteiger partial charge in [-0.3, -0.25) is 4.79 Å². The molecule has 0 spiro atoms.